The number of likely N-dealkylation sites (tertiary alicyclic amines) is 1. The van der Waals surface area contributed by atoms with Gasteiger partial charge in [-0.25, -0.2) is 0 Å². The molecule has 2 aliphatic rings. The predicted molar refractivity (Wildman–Crippen MR) is 77.0 cm³/mol. The number of aromatic nitrogens is 2. The second-order valence-electron chi connectivity index (χ2n) is 5.42. The third kappa shape index (κ3) is 2.20. The molecule has 2 aliphatic heterocycles. The van der Waals surface area contributed by atoms with Crippen LogP contribution in [0.15, 0.2) is 0 Å². The molecule has 0 bridgehead atoms. The fourth-order valence-corrected chi connectivity index (χ4v) is 3.07. The molecule has 1 aromatic rings. The van der Waals surface area contributed by atoms with Crippen molar-refractivity contribution in [2.24, 2.45) is 0 Å². The Balaban J connectivity index is 1.74. The highest BCUT2D eigenvalue weighted by molar-refractivity contribution is 5.61. The monoisotopic (exact) mass is 262 g/mol. The van der Waals surface area contributed by atoms with Crippen molar-refractivity contribution < 1.29 is 0 Å². The lowest BCUT2D eigenvalue weighted by molar-refractivity contribution is 0.204. The summed E-state index contributed by atoms with van der Waals surface area (Å²) >= 11 is 0. The predicted octanol–water partition coefficient (Wildman–Crippen LogP) is 0.488. The Morgan fingerprint density at radius 2 is 1.84 bits per heavy atom. The van der Waals surface area contributed by atoms with Crippen LogP contribution in [0.1, 0.15) is 25.3 Å². The van der Waals surface area contributed by atoms with Crippen molar-refractivity contribution in [1.29, 1.82) is 0 Å². The minimum absolute atomic E-state index is 0.273. The molecule has 0 unspecified atom stereocenters. The Kier molecular flexibility index (Phi) is 3.18. The van der Waals surface area contributed by atoms with E-state index in [0.717, 1.165) is 30.9 Å². The molecule has 0 atom stereocenters. The Morgan fingerprint density at radius 3 is 2.47 bits per heavy atom. The van der Waals surface area contributed by atoms with Gasteiger partial charge in [0.05, 0.1) is 0 Å². The lowest BCUT2D eigenvalue weighted by Crippen LogP contribution is -2.59. The maximum atomic E-state index is 5.94. The van der Waals surface area contributed by atoms with Crippen LogP contribution in [-0.2, 0) is 6.42 Å². The number of anilines is 3. The first kappa shape index (κ1) is 12.5. The third-order valence-electron chi connectivity index (χ3n) is 4.21. The molecule has 6 heteroatoms. The number of rotatable bonds is 3. The fourth-order valence-electron chi connectivity index (χ4n) is 3.07. The summed E-state index contributed by atoms with van der Waals surface area (Å²) in [6.07, 6.45) is 3.51. The van der Waals surface area contributed by atoms with Crippen LogP contribution >= 0.6 is 0 Å². The average molecular weight is 262 g/mol. The molecule has 6 nitrogen and oxygen atoms in total. The molecule has 104 valence electrons. The molecule has 2 saturated heterocycles. The van der Waals surface area contributed by atoms with E-state index in [-0.39, 0.29) is 5.95 Å². The molecule has 2 fully saturated rings. The van der Waals surface area contributed by atoms with E-state index >= 15 is 0 Å². The number of nitrogens with two attached hydrogens (primary N) is 2. The zero-order valence-corrected chi connectivity index (χ0v) is 11.5. The topological polar surface area (TPSA) is 84.3 Å². The zero-order valence-electron chi connectivity index (χ0n) is 11.5. The van der Waals surface area contributed by atoms with Crippen LogP contribution < -0.4 is 16.4 Å². The molecular formula is C13H22N6. The van der Waals surface area contributed by atoms with Gasteiger partial charge in [0.15, 0.2) is 0 Å². The van der Waals surface area contributed by atoms with E-state index in [1.54, 1.807) is 0 Å². The summed E-state index contributed by atoms with van der Waals surface area (Å²) in [5.74, 6) is 1.73. The van der Waals surface area contributed by atoms with E-state index in [4.69, 9.17) is 11.5 Å². The zero-order chi connectivity index (χ0) is 13.4. The highest BCUT2D eigenvalue weighted by Gasteiger charge is 2.35. The SMILES string of the molecule is CCc1c(N)nc(N)nc1N1CC(N2CCCC2)C1. The van der Waals surface area contributed by atoms with Crippen molar-refractivity contribution in [1.82, 2.24) is 14.9 Å². The first-order valence-electron chi connectivity index (χ1n) is 7.10. The number of nitrogen functional groups attached to an aromatic ring is 2. The smallest absolute Gasteiger partial charge is 0.223 e. The highest BCUT2D eigenvalue weighted by Crippen LogP contribution is 2.30. The van der Waals surface area contributed by atoms with Crippen LogP contribution in [0.4, 0.5) is 17.6 Å². The molecule has 4 N–H and O–H groups in total. The Labute approximate surface area is 113 Å². The van der Waals surface area contributed by atoms with Gasteiger partial charge >= 0.3 is 0 Å². The summed E-state index contributed by atoms with van der Waals surface area (Å²) in [4.78, 5) is 13.3. The van der Waals surface area contributed by atoms with Gasteiger partial charge < -0.3 is 16.4 Å². The molecule has 0 aromatic carbocycles. The molecule has 0 radical (unpaired) electrons. The van der Waals surface area contributed by atoms with Gasteiger partial charge in [-0.15, -0.1) is 0 Å². The van der Waals surface area contributed by atoms with Crippen LogP contribution in [0.5, 0.6) is 0 Å². The second kappa shape index (κ2) is 4.85. The van der Waals surface area contributed by atoms with E-state index in [0.29, 0.717) is 11.9 Å². The lowest BCUT2D eigenvalue weighted by atomic mass is 10.1. The standard InChI is InChI=1S/C13H22N6/c1-2-10-11(14)16-13(15)17-12(10)19-7-9(8-19)18-5-3-4-6-18/h9H,2-8H2,1H3,(H4,14,15,16,17). The van der Waals surface area contributed by atoms with Crippen LogP contribution in [0.3, 0.4) is 0 Å². The van der Waals surface area contributed by atoms with Crippen molar-refractivity contribution in [3.05, 3.63) is 5.56 Å². The normalized spacial score (nSPS) is 20.8. The van der Waals surface area contributed by atoms with E-state index in [9.17, 15) is 0 Å². The number of hydrogen-bond acceptors (Lipinski definition) is 6. The van der Waals surface area contributed by atoms with Crippen molar-refractivity contribution in [2.45, 2.75) is 32.2 Å². The second-order valence-corrected chi connectivity index (χ2v) is 5.42. The molecule has 1 aromatic heterocycles. The molecule has 0 amide bonds. The van der Waals surface area contributed by atoms with E-state index < -0.39 is 0 Å². The van der Waals surface area contributed by atoms with Gasteiger partial charge in [0.2, 0.25) is 5.95 Å². The Bertz CT molecular complexity index is 462. The lowest BCUT2D eigenvalue weighted by Gasteiger charge is -2.45. The molecule has 0 aliphatic carbocycles. The maximum absolute atomic E-state index is 5.94. The van der Waals surface area contributed by atoms with Crippen molar-refractivity contribution in [2.75, 3.05) is 42.5 Å². The molecule has 19 heavy (non-hydrogen) atoms. The molecular weight excluding hydrogens is 240 g/mol. The van der Waals surface area contributed by atoms with Gasteiger partial charge in [-0.05, 0) is 32.4 Å². The van der Waals surface area contributed by atoms with E-state index in [1.165, 1.54) is 25.9 Å². The van der Waals surface area contributed by atoms with Gasteiger partial charge in [-0.2, -0.15) is 9.97 Å². The van der Waals surface area contributed by atoms with Gasteiger partial charge in [-0.3, -0.25) is 4.90 Å². The van der Waals surface area contributed by atoms with Crippen molar-refractivity contribution in [3.63, 3.8) is 0 Å². The largest absolute Gasteiger partial charge is 0.383 e. The van der Waals surface area contributed by atoms with Crippen molar-refractivity contribution >= 4 is 17.6 Å². The quantitative estimate of drug-likeness (QED) is 0.824. The third-order valence-corrected chi connectivity index (χ3v) is 4.21. The maximum Gasteiger partial charge on any atom is 0.223 e. The highest BCUT2D eigenvalue weighted by atomic mass is 15.3. The van der Waals surface area contributed by atoms with Gasteiger partial charge in [0.1, 0.15) is 11.6 Å². The summed E-state index contributed by atoms with van der Waals surface area (Å²) in [5, 5.41) is 0. The summed E-state index contributed by atoms with van der Waals surface area (Å²) in [6.45, 7) is 6.62. The van der Waals surface area contributed by atoms with Crippen LogP contribution in [-0.4, -0.2) is 47.1 Å². The summed E-state index contributed by atoms with van der Waals surface area (Å²) in [7, 11) is 0. The van der Waals surface area contributed by atoms with Gasteiger partial charge in [-0.1, -0.05) is 6.92 Å². The summed E-state index contributed by atoms with van der Waals surface area (Å²) in [6, 6.07) is 0.671. The Morgan fingerprint density at radius 1 is 1.16 bits per heavy atom. The van der Waals surface area contributed by atoms with Gasteiger partial charge in [0.25, 0.3) is 0 Å². The van der Waals surface area contributed by atoms with Crippen LogP contribution in [0.25, 0.3) is 0 Å². The first-order valence-corrected chi connectivity index (χ1v) is 7.10. The summed E-state index contributed by atoms with van der Waals surface area (Å²) < 4.78 is 0. The average Bonchev–Trinajstić information content (AvgIpc) is 2.80. The summed E-state index contributed by atoms with van der Waals surface area (Å²) in [5.41, 5.74) is 12.7. The molecule has 0 saturated carbocycles. The molecule has 0 spiro atoms. The number of hydrogen-bond donors (Lipinski definition) is 2. The van der Waals surface area contributed by atoms with Crippen molar-refractivity contribution in [3.8, 4) is 0 Å². The minimum atomic E-state index is 0.273. The first-order chi connectivity index (χ1) is 9.19. The minimum Gasteiger partial charge on any atom is -0.383 e. The molecule has 3 rings (SSSR count). The Hall–Kier alpha value is -1.56. The van der Waals surface area contributed by atoms with E-state index in [1.807, 2.05) is 0 Å². The molecule has 3 heterocycles. The van der Waals surface area contributed by atoms with Gasteiger partial charge in [0, 0.05) is 24.7 Å². The fraction of sp³-hybridized carbons (Fsp3) is 0.692. The van der Waals surface area contributed by atoms with Crippen LogP contribution in [0.2, 0.25) is 0 Å². The van der Waals surface area contributed by atoms with E-state index in [2.05, 4.69) is 26.7 Å². The van der Waals surface area contributed by atoms with Crippen LogP contribution in [0, 0.1) is 0 Å². The number of nitrogens with zero attached hydrogens (tertiary/aromatic N) is 4.